The molecular weight excluding hydrogens is 537 g/mol. The van der Waals surface area contributed by atoms with E-state index in [2.05, 4.69) is 30.6 Å². The van der Waals surface area contributed by atoms with Crippen LogP contribution >= 0.6 is 18.5 Å². The van der Waals surface area contributed by atoms with E-state index in [0.29, 0.717) is 25.2 Å². The van der Waals surface area contributed by atoms with Crippen molar-refractivity contribution in [2.75, 3.05) is 6.54 Å². The molecule has 0 saturated carbocycles. The first-order chi connectivity index (χ1) is 18.7. The van der Waals surface area contributed by atoms with Crippen LogP contribution in [0.3, 0.4) is 0 Å². The van der Waals surface area contributed by atoms with Crippen LogP contribution in [0, 0.1) is 24.4 Å². The number of aryl methyl sites for hydroxylation is 1. The maximum Gasteiger partial charge on any atom is 0.232 e. The van der Waals surface area contributed by atoms with Gasteiger partial charge in [0, 0.05) is 23.8 Å². The predicted octanol–water partition coefficient (Wildman–Crippen LogP) is 5.41. The molecule has 2 unspecified atom stereocenters. The molecule has 2 atom stereocenters. The Hall–Kier alpha value is -3.14. The minimum atomic E-state index is -1.54. The lowest BCUT2D eigenvalue weighted by atomic mass is 9.92. The number of carbonyl (C=O) groups is 1. The van der Waals surface area contributed by atoms with Crippen LogP contribution < -0.4 is 10.6 Å². The molecule has 3 aromatic carbocycles. The Bertz CT molecular complexity index is 1550. The van der Waals surface area contributed by atoms with Gasteiger partial charge in [0.05, 0.1) is 23.5 Å². The molecule has 0 aromatic heterocycles. The van der Waals surface area contributed by atoms with Crippen molar-refractivity contribution < 1.29 is 18.0 Å². The highest BCUT2D eigenvalue weighted by Gasteiger charge is 2.29. The molecule has 1 aliphatic carbocycles. The second-order valence-electron chi connectivity index (χ2n) is 9.62. The van der Waals surface area contributed by atoms with Crippen LogP contribution in [0.4, 0.5) is 13.2 Å². The molecule has 1 heterocycles. The third-order valence-corrected chi connectivity index (χ3v) is 8.18. The van der Waals surface area contributed by atoms with Gasteiger partial charge in [-0.1, -0.05) is 48.5 Å². The van der Waals surface area contributed by atoms with Crippen molar-refractivity contribution >= 4 is 52.2 Å². The number of amides is 1. The van der Waals surface area contributed by atoms with Crippen LogP contribution in [0.1, 0.15) is 47.6 Å². The van der Waals surface area contributed by atoms with E-state index in [1.165, 1.54) is 12.5 Å². The van der Waals surface area contributed by atoms with Crippen molar-refractivity contribution in [1.29, 1.82) is 0 Å². The molecule has 2 aliphatic rings. The number of fused-ring (bicyclic) bond motifs is 2. The highest BCUT2D eigenvalue weighted by atomic mass is 31.0. The van der Waals surface area contributed by atoms with E-state index >= 15 is 0 Å². The molecular formula is C30H28F3N3OP2. The zero-order valence-electron chi connectivity index (χ0n) is 21.7. The average Bonchev–Trinajstić information content (AvgIpc) is 3.14. The number of nitrogens with zero attached hydrogens (tertiary/aromatic N) is 3. The molecule has 5 rings (SSSR count). The van der Waals surface area contributed by atoms with Crippen LogP contribution in [0.25, 0.3) is 5.70 Å². The molecule has 1 aliphatic heterocycles. The summed E-state index contributed by atoms with van der Waals surface area (Å²) < 4.78 is 42.6. The maximum atomic E-state index is 14.3. The number of amidine groups is 1. The van der Waals surface area contributed by atoms with Crippen LogP contribution in [-0.2, 0) is 17.6 Å². The molecule has 9 heteroatoms. The summed E-state index contributed by atoms with van der Waals surface area (Å²) in [5, 5.41) is 0.954. The van der Waals surface area contributed by atoms with E-state index in [1.807, 2.05) is 43.3 Å². The molecule has 1 amide bonds. The summed E-state index contributed by atoms with van der Waals surface area (Å²) in [6, 6.07) is 16.0. The monoisotopic (exact) mass is 565 g/mol. The first-order valence-corrected chi connectivity index (χ1v) is 13.9. The lowest BCUT2D eigenvalue weighted by molar-refractivity contribution is -0.126. The third-order valence-electron chi connectivity index (χ3n) is 7.22. The van der Waals surface area contributed by atoms with E-state index in [1.54, 1.807) is 4.90 Å². The fraction of sp³-hybridized carbons (Fsp3) is 0.233. The standard InChI is InChI=1S/C30H28F3N3OP2/c1-3-36(25(37)14-21-16(2)26(31)27(32)28(33)30(21)39)24-15-23(17-7-5-4-6-8-17)35-29-20-11-10-19(38)13-18(20)9-12-22(29)34-24/h4-8,10-11,13H,3,9,12,14-15,38-39H2,1-2H3. The van der Waals surface area contributed by atoms with Crippen molar-refractivity contribution in [3.63, 3.8) is 0 Å². The van der Waals surface area contributed by atoms with E-state index in [9.17, 15) is 18.0 Å². The van der Waals surface area contributed by atoms with Gasteiger partial charge in [-0.3, -0.25) is 9.69 Å². The summed E-state index contributed by atoms with van der Waals surface area (Å²) in [6.45, 7) is 3.48. The number of carbonyl (C=O) groups excluding carboxylic acids is 1. The van der Waals surface area contributed by atoms with E-state index < -0.39 is 17.5 Å². The molecule has 39 heavy (non-hydrogen) atoms. The number of allylic oxidation sites excluding steroid dienone is 1. The SMILES string of the molecule is CCN(C(=O)Cc1c(C)c(F)c(F)c(F)c1P)C1=NC2=C(N=C(c3ccccc3)C1)c1ccc(P)cc1CC2. The smallest absolute Gasteiger partial charge is 0.232 e. The van der Waals surface area contributed by atoms with E-state index in [-0.39, 0.29) is 28.8 Å². The molecule has 200 valence electrons. The van der Waals surface area contributed by atoms with Gasteiger partial charge < -0.3 is 0 Å². The Morgan fingerprint density at radius 2 is 1.72 bits per heavy atom. The van der Waals surface area contributed by atoms with Crippen molar-refractivity contribution in [2.45, 2.75) is 39.5 Å². The van der Waals surface area contributed by atoms with Gasteiger partial charge >= 0.3 is 0 Å². The average molecular weight is 566 g/mol. The second kappa shape index (κ2) is 11.2. The summed E-state index contributed by atoms with van der Waals surface area (Å²) in [5.74, 6) is -3.98. The fourth-order valence-electron chi connectivity index (χ4n) is 5.11. The number of halogens is 3. The van der Waals surface area contributed by atoms with Gasteiger partial charge in [-0.05, 0) is 54.2 Å². The number of benzene rings is 3. The van der Waals surface area contributed by atoms with Gasteiger partial charge in [-0.2, -0.15) is 0 Å². The highest BCUT2D eigenvalue weighted by Crippen LogP contribution is 2.35. The molecule has 0 N–H and O–H groups in total. The summed E-state index contributed by atoms with van der Waals surface area (Å²) in [4.78, 5) is 25.3. The Labute approximate surface area is 230 Å². The van der Waals surface area contributed by atoms with E-state index in [0.717, 1.165) is 40.0 Å². The molecule has 3 aromatic rings. The minimum absolute atomic E-state index is 0.0833. The lowest BCUT2D eigenvalue weighted by Crippen LogP contribution is -2.39. The van der Waals surface area contributed by atoms with Crippen LogP contribution in [-0.4, -0.2) is 28.9 Å². The normalized spacial score (nSPS) is 14.7. The van der Waals surface area contributed by atoms with Gasteiger partial charge in [0.15, 0.2) is 17.5 Å². The molecule has 4 nitrogen and oxygen atoms in total. The lowest BCUT2D eigenvalue weighted by Gasteiger charge is -2.24. The fourth-order valence-corrected chi connectivity index (χ4v) is 5.85. The third kappa shape index (κ3) is 5.23. The van der Waals surface area contributed by atoms with Crippen LogP contribution in [0.5, 0.6) is 0 Å². The highest BCUT2D eigenvalue weighted by molar-refractivity contribution is 7.27. The van der Waals surface area contributed by atoms with Crippen molar-refractivity contribution in [1.82, 2.24) is 4.90 Å². The first kappa shape index (κ1) is 27.4. The second-order valence-corrected chi connectivity index (χ2v) is 10.9. The summed E-state index contributed by atoms with van der Waals surface area (Å²) in [5.41, 5.74) is 5.54. The molecule has 0 saturated heterocycles. The maximum absolute atomic E-state index is 14.3. The number of likely N-dealkylation sites (N-methyl/N-ethyl adjacent to an activating group) is 1. The number of aliphatic imine (C=N–C) groups is 2. The number of hydrogen-bond donors (Lipinski definition) is 0. The Morgan fingerprint density at radius 1 is 0.974 bits per heavy atom. The van der Waals surface area contributed by atoms with Gasteiger partial charge in [-0.25, -0.2) is 23.2 Å². The quantitative estimate of drug-likeness (QED) is 0.308. The Balaban J connectivity index is 1.59. The van der Waals surface area contributed by atoms with Crippen LogP contribution in [0.2, 0.25) is 0 Å². The van der Waals surface area contributed by atoms with Crippen molar-refractivity contribution in [2.24, 2.45) is 9.98 Å². The zero-order chi connectivity index (χ0) is 27.8. The van der Waals surface area contributed by atoms with E-state index in [4.69, 9.17) is 9.98 Å². The predicted molar refractivity (Wildman–Crippen MR) is 158 cm³/mol. The van der Waals surface area contributed by atoms with Gasteiger partial charge in [0.25, 0.3) is 0 Å². The molecule has 0 fully saturated rings. The van der Waals surface area contributed by atoms with Gasteiger partial charge in [0.1, 0.15) is 5.84 Å². The van der Waals surface area contributed by atoms with Gasteiger partial charge in [0.2, 0.25) is 5.91 Å². The molecule has 0 radical (unpaired) electrons. The number of hydrogen-bond acceptors (Lipinski definition) is 3. The molecule has 0 spiro atoms. The summed E-state index contributed by atoms with van der Waals surface area (Å²) in [7, 11) is 4.83. The van der Waals surface area contributed by atoms with Gasteiger partial charge in [-0.15, -0.1) is 18.5 Å². The summed E-state index contributed by atoms with van der Waals surface area (Å²) in [6.07, 6.45) is 1.47. The van der Waals surface area contributed by atoms with Crippen molar-refractivity contribution in [3.05, 3.63) is 99.5 Å². The Morgan fingerprint density at radius 3 is 2.44 bits per heavy atom. The molecule has 0 bridgehead atoms. The number of rotatable bonds is 4. The minimum Gasteiger partial charge on any atom is -0.300 e. The first-order valence-electron chi connectivity index (χ1n) is 12.7. The Kier molecular flexibility index (Phi) is 7.84. The van der Waals surface area contributed by atoms with Crippen molar-refractivity contribution in [3.8, 4) is 0 Å². The zero-order valence-corrected chi connectivity index (χ0v) is 24.0. The topological polar surface area (TPSA) is 45.0 Å². The summed E-state index contributed by atoms with van der Waals surface area (Å²) >= 11 is 0. The van der Waals surface area contributed by atoms with Crippen LogP contribution in [0.15, 0.2) is 64.2 Å². The largest absolute Gasteiger partial charge is 0.300 e.